The van der Waals surface area contributed by atoms with E-state index in [0.29, 0.717) is 22.6 Å². The molecule has 0 saturated carbocycles. The first-order valence-corrected chi connectivity index (χ1v) is 10.9. The molecule has 0 atom stereocenters. The number of nitrogens with zero attached hydrogens (tertiary/aromatic N) is 1. The Bertz CT molecular complexity index is 1210. The zero-order valence-electron chi connectivity index (χ0n) is 17.4. The number of thioether (sulfide) groups is 1. The maximum Gasteiger partial charge on any atom is 0.293 e. The van der Waals surface area contributed by atoms with E-state index < -0.39 is 11.1 Å². The molecule has 0 spiro atoms. The highest BCUT2D eigenvalue weighted by Gasteiger charge is 2.35. The van der Waals surface area contributed by atoms with Crippen LogP contribution in [0.3, 0.4) is 0 Å². The van der Waals surface area contributed by atoms with Gasteiger partial charge in [-0.1, -0.05) is 48.5 Å². The number of rotatable bonds is 7. The standard InChI is InChI=1S/C25H19FN2O4S/c26-19-12-10-17(11-13-19)15-28-24(30)22(33-25(28)31)14-18-6-4-5-9-21(18)32-16-23(29)27-20-7-2-1-3-8-20/h1-14H,15-16H2,(H,27,29)/b22-14-. The van der Waals surface area contributed by atoms with Crippen LogP contribution in [0.4, 0.5) is 14.9 Å². The van der Waals surface area contributed by atoms with Gasteiger partial charge in [-0.25, -0.2) is 4.39 Å². The second kappa shape index (κ2) is 10.1. The van der Waals surface area contributed by atoms with Crippen LogP contribution in [-0.2, 0) is 16.1 Å². The Morgan fingerprint density at radius 1 is 0.970 bits per heavy atom. The molecule has 3 amide bonds. The maximum absolute atomic E-state index is 13.1. The molecule has 6 nitrogen and oxygen atoms in total. The highest BCUT2D eigenvalue weighted by Crippen LogP contribution is 2.34. The van der Waals surface area contributed by atoms with Gasteiger partial charge < -0.3 is 10.1 Å². The summed E-state index contributed by atoms with van der Waals surface area (Å²) in [6.07, 6.45) is 1.57. The first-order valence-electron chi connectivity index (χ1n) is 10.1. The van der Waals surface area contributed by atoms with Gasteiger partial charge >= 0.3 is 0 Å². The van der Waals surface area contributed by atoms with Crippen LogP contribution < -0.4 is 10.1 Å². The average molecular weight is 463 g/mol. The fourth-order valence-corrected chi connectivity index (χ4v) is 3.97. The van der Waals surface area contributed by atoms with Crippen molar-refractivity contribution in [2.45, 2.75) is 6.54 Å². The lowest BCUT2D eigenvalue weighted by Crippen LogP contribution is -2.27. The minimum atomic E-state index is -0.439. The number of imide groups is 1. The monoisotopic (exact) mass is 462 g/mol. The maximum atomic E-state index is 13.1. The van der Waals surface area contributed by atoms with E-state index in [0.717, 1.165) is 16.7 Å². The Hall–Kier alpha value is -3.91. The second-order valence-electron chi connectivity index (χ2n) is 7.14. The predicted molar refractivity (Wildman–Crippen MR) is 125 cm³/mol. The lowest BCUT2D eigenvalue weighted by atomic mass is 10.1. The van der Waals surface area contributed by atoms with E-state index in [-0.39, 0.29) is 29.8 Å². The van der Waals surface area contributed by atoms with E-state index in [1.54, 1.807) is 42.5 Å². The first kappa shape index (κ1) is 22.3. The average Bonchev–Trinajstić information content (AvgIpc) is 3.08. The Morgan fingerprint density at radius 3 is 2.42 bits per heavy atom. The molecule has 0 unspecified atom stereocenters. The summed E-state index contributed by atoms with van der Waals surface area (Å²) in [5.74, 6) is -0.741. The number of nitrogens with one attached hydrogen (secondary N) is 1. The number of amides is 3. The van der Waals surface area contributed by atoms with Gasteiger partial charge in [0.05, 0.1) is 11.4 Å². The van der Waals surface area contributed by atoms with E-state index in [1.807, 2.05) is 18.2 Å². The van der Waals surface area contributed by atoms with Crippen molar-refractivity contribution in [2.75, 3.05) is 11.9 Å². The van der Waals surface area contributed by atoms with Crippen LogP contribution in [0, 0.1) is 5.82 Å². The molecule has 1 fully saturated rings. The van der Waals surface area contributed by atoms with Crippen LogP contribution in [0.1, 0.15) is 11.1 Å². The number of carbonyl (C=O) groups excluding carboxylic acids is 3. The van der Waals surface area contributed by atoms with Gasteiger partial charge in [0, 0.05) is 11.3 Å². The number of hydrogen-bond acceptors (Lipinski definition) is 5. The molecule has 33 heavy (non-hydrogen) atoms. The summed E-state index contributed by atoms with van der Waals surface area (Å²) in [6.45, 7) is -0.161. The Labute approximate surface area is 194 Å². The third kappa shape index (κ3) is 5.67. The molecule has 4 rings (SSSR count). The fraction of sp³-hybridized carbons (Fsp3) is 0.0800. The van der Waals surface area contributed by atoms with Gasteiger partial charge in [0.25, 0.3) is 17.1 Å². The zero-order valence-corrected chi connectivity index (χ0v) is 18.2. The molecule has 1 aliphatic rings. The summed E-state index contributed by atoms with van der Waals surface area (Å²) >= 11 is 0.824. The van der Waals surface area contributed by atoms with Crippen LogP contribution in [0.5, 0.6) is 5.75 Å². The van der Waals surface area contributed by atoms with Gasteiger partial charge in [-0.2, -0.15) is 0 Å². The molecule has 166 valence electrons. The Morgan fingerprint density at radius 2 is 1.67 bits per heavy atom. The third-order valence-electron chi connectivity index (χ3n) is 4.75. The minimum Gasteiger partial charge on any atom is -0.483 e. The molecule has 0 aromatic heterocycles. The highest BCUT2D eigenvalue weighted by molar-refractivity contribution is 8.18. The SMILES string of the molecule is O=C(COc1ccccc1/C=C1\SC(=O)N(Cc2ccc(F)cc2)C1=O)Nc1ccccc1. The lowest BCUT2D eigenvalue weighted by Gasteiger charge is -2.12. The van der Waals surface area contributed by atoms with E-state index >= 15 is 0 Å². The fourth-order valence-electron chi connectivity index (χ4n) is 3.14. The summed E-state index contributed by atoms with van der Waals surface area (Å²) in [6, 6.07) is 21.6. The van der Waals surface area contributed by atoms with Crippen LogP contribution in [0.15, 0.2) is 83.8 Å². The number of carbonyl (C=O) groups is 3. The molecule has 1 heterocycles. The van der Waals surface area contributed by atoms with Gasteiger partial charge in [-0.05, 0) is 53.7 Å². The molecule has 3 aromatic rings. The van der Waals surface area contributed by atoms with Crippen molar-refractivity contribution in [3.05, 3.63) is 101 Å². The van der Waals surface area contributed by atoms with Crippen molar-refractivity contribution in [3.8, 4) is 5.75 Å². The summed E-state index contributed by atoms with van der Waals surface area (Å²) < 4.78 is 18.8. The summed E-state index contributed by atoms with van der Waals surface area (Å²) in [5, 5.41) is 2.33. The molecule has 1 saturated heterocycles. The number of hydrogen-bond donors (Lipinski definition) is 1. The Kier molecular flexibility index (Phi) is 6.85. The van der Waals surface area contributed by atoms with Crippen molar-refractivity contribution < 1.29 is 23.5 Å². The van der Waals surface area contributed by atoms with Crippen molar-refractivity contribution in [2.24, 2.45) is 0 Å². The number of anilines is 1. The normalized spacial score (nSPS) is 14.6. The van der Waals surface area contributed by atoms with Crippen molar-refractivity contribution >= 4 is 40.6 Å². The topological polar surface area (TPSA) is 75.7 Å². The Balaban J connectivity index is 1.44. The zero-order chi connectivity index (χ0) is 23.2. The molecular weight excluding hydrogens is 443 g/mol. The van der Waals surface area contributed by atoms with Gasteiger partial charge in [-0.3, -0.25) is 19.3 Å². The molecule has 1 N–H and O–H groups in total. The summed E-state index contributed by atoms with van der Waals surface area (Å²) in [5.41, 5.74) is 1.87. The molecule has 1 aliphatic heterocycles. The minimum absolute atomic E-state index is 0.0556. The number of ether oxygens (including phenoxy) is 1. The summed E-state index contributed by atoms with van der Waals surface area (Å²) in [7, 11) is 0. The molecule has 0 bridgehead atoms. The van der Waals surface area contributed by atoms with E-state index in [2.05, 4.69) is 5.32 Å². The molecule has 0 radical (unpaired) electrons. The lowest BCUT2D eigenvalue weighted by molar-refractivity contribution is -0.123. The molecule has 3 aromatic carbocycles. The van der Waals surface area contributed by atoms with Crippen molar-refractivity contribution in [1.29, 1.82) is 0 Å². The van der Waals surface area contributed by atoms with Crippen molar-refractivity contribution in [1.82, 2.24) is 4.90 Å². The van der Waals surface area contributed by atoms with E-state index in [4.69, 9.17) is 4.74 Å². The summed E-state index contributed by atoms with van der Waals surface area (Å²) in [4.78, 5) is 38.8. The first-order chi connectivity index (χ1) is 16.0. The molecule has 0 aliphatic carbocycles. The van der Waals surface area contributed by atoms with Gasteiger partial charge in [0.2, 0.25) is 0 Å². The van der Waals surface area contributed by atoms with Crippen LogP contribution >= 0.6 is 11.8 Å². The number of para-hydroxylation sites is 2. The van der Waals surface area contributed by atoms with Crippen molar-refractivity contribution in [3.63, 3.8) is 0 Å². The largest absolute Gasteiger partial charge is 0.483 e. The van der Waals surface area contributed by atoms with E-state index in [1.165, 1.54) is 24.3 Å². The predicted octanol–water partition coefficient (Wildman–Crippen LogP) is 5.08. The van der Waals surface area contributed by atoms with E-state index in [9.17, 15) is 18.8 Å². The number of halogens is 1. The van der Waals surface area contributed by atoms with Crippen LogP contribution in [-0.4, -0.2) is 28.6 Å². The molecular formula is C25H19FN2O4S. The van der Waals surface area contributed by atoms with Gasteiger partial charge in [0.1, 0.15) is 11.6 Å². The molecule has 8 heteroatoms. The highest BCUT2D eigenvalue weighted by atomic mass is 32.2. The van der Waals surface area contributed by atoms with Gasteiger partial charge in [-0.15, -0.1) is 0 Å². The van der Waals surface area contributed by atoms with Crippen LogP contribution in [0.25, 0.3) is 6.08 Å². The smallest absolute Gasteiger partial charge is 0.293 e. The van der Waals surface area contributed by atoms with Crippen LogP contribution in [0.2, 0.25) is 0 Å². The third-order valence-corrected chi connectivity index (χ3v) is 5.66. The quantitative estimate of drug-likeness (QED) is 0.496. The van der Waals surface area contributed by atoms with Gasteiger partial charge in [0.15, 0.2) is 6.61 Å². The second-order valence-corrected chi connectivity index (χ2v) is 8.13. The number of benzene rings is 3.